The molecule has 0 heterocycles. The Morgan fingerprint density at radius 3 is 2.56 bits per heavy atom. The Balaban J connectivity index is 2.82. The molecule has 0 bridgehead atoms. The first-order valence-electron chi connectivity index (χ1n) is 6.21. The van der Waals surface area contributed by atoms with E-state index in [9.17, 15) is 10.2 Å². The summed E-state index contributed by atoms with van der Waals surface area (Å²) in [6.07, 6.45) is 0.122. The smallest absolute Gasteiger partial charge is 0.0943 e. The fourth-order valence-electron chi connectivity index (χ4n) is 1.87. The van der Waals surface area contributed by atoms with Crippen LogP contribution >= 0.6 is 11.6 Å². The van der Waals surface area contributed by atoms with Crippen molar-refractivity contribution in [1.29, 1.82) is 0 Å². The normalized spacial score (nSPS) is 15.4. The molecule has 3 N–H and O–H groups in total. The van der Waals surface area contributed by atoms with E-state index in [-0.39, 0.29) is 12.6 Å². The number of rotatable bonds is 6. The lowest BCUT2D eigenvalue weighted by Crippen LogP contribution is -2.50. The standard InChI is InChI=1S/C14H22ClNO2/c1-4-12(16-14(2,3)9-17)13(18)10-6-5-7-11(15)8-10/h5-8,12-13,16-18H,4,9H2,1-3H3/t12-,13?/m0/s1. The summed E-state index contributed by atoms with van der Waals surface area (Å²) in [5.41, 5.74) is 0.371. The summed E-state index contributed by atoms with van der Waals surface area (Å²) in [7, 11) is 0. The molecule has 2 atom stereocenters. The van der Waals surface area contributed by atoms with Crippen LogP contribution < -0.4 is 5.32 Å². The van der Waals surface area contributed by atoms with Crippen molar-refractivity contribution < 1.29 is 10.2 Å². The summed E-state index contributed by atoms with van der Waals surface area (Å²) < 4.78 is 0. The lowest BCUT2D eigenvalue weighted by molar-refractivity contribution is 0.0899. The van der Waals surface area contributed by atoms with Crippen LogP contribution in [0.4, 0.5) is 0 Å². The van der Waals surface area contributed by atoms with Gasteiger partial charge in [0.1, 0.15) is 0 Å². The summed E-state index contributed by atoms with van der Waals surface area (Å²) in [4.78, 5) is 0. The molecule has 0 fully saturated rings. The largest absolute Gasteiger partial charge is 0.394 e. The molecule has 0 saturated heterocycles. The number of aliphatic hydroxyl groups is 2. The van der Waals surface area contributed by atoms with E-state index in [1.807, 2.05) is 32.9 Å². The summed E-state index contributed by atoms with van der Waals surface area (Å²) in [6, 6.07) is 7.11. The number of hydrogen-bond acceptors (Lipinski definition) is 3. The molecule has 102 valence electrons. The highest BCUT2D eigenvalue weighted by molar-refractivity contribution is 6.30. The zero-order valence-electron chi connectivity index (χ0n) is 11.2. The SMILES string of the molecule is CC[C@H](NC(C)(C)CO)C(O)c1cccc(Cl)c1. The molecule has 0 amide bonds. The van der Waals surface area contributed by atoms with Crippen molar-refractivity contribution in [2.24, 2.45) is 0 Å². The van der Waals surface area contributed by atoms with E-state index < -0.39 is 11.6 Å². The molecule has 1 aromatic carbocycles. The highest BCUT2D eigenvalue weighted by Gasteiger charge is 2.26. The van der Waals surface area contributed by atoms with Crippen LogP contribution in [0.5, 0.6) is 0 Å². The van der Waals surface area contributed by atoms with E-state index in [1.54, 1.807) is 12.1 Å². The molecule has 0 saturated carbocycles. The summed E-state index contributed by atoms with van der Waals surface area (Å²) in [5.74, 6) is 0. The van der Waals surface area contributed by atoms with Crippen LogP contribution in [0, 0.1) is 0 Å². The molecule has 1 unspecified atom stereocenters. The second-order valence-electron chi connectivity index (χ2n) is 5.20. The van der Waals surface area contributed by atoms with Crippen molar-refractivity contribution in [3.05, 3.63) is 34.9 Å². The average Bonchev–Trinajstić information content (AvgIpc) is 2.35. The summed E-state index contributed by atoms with van der Waals surface area (Å²) in [6.45, 7) is 5.82. The van der Waals surface area contributed by atoms with Crippen molar-refractivity contribution in [3.63, 3.8) is 0 Å². The zero-order chi connectivity index (χ0) is 13.8. The van der Waals surface area contributed by atoms with Crippen LogP contribution in [0.1, 0.15) is 38.9 Å². The van der Waals surface area contributed by atoms with Gasteiger partial charge in [0.2, 0.25) is 0 Å². The van der Waals surface area contributed by atoms with Gasteiger partial charge in [-0.15, -0.1) is 0 Å². The molecule has 0 radical (unpaired) electrons. The van der Waals surface area contributed by atoms with E-state index in [0.29, 0.717) is 5.02 Å². The van der Waals surface area contributed by atoms with Crippen molar-refractivity contribution >= 4 is 11.6 Å². The quantitative estimate of drug-likeness (QED) is 0.745. The molecule has 1 rings (SSSR count). The van der Waals surface area contributed by atoms with Crippen molar-refractivity contribution in [1.82, 2.24) is 5.32 Å². The van der Waals surface area contributed by atoms with Gasteiger partial charge in [-0.1, -0.05) is 30.7 Å². The predicted octanol–water partition coefficient (Wildman–Crippen LogP) is 2.51. The Morgan fingerprint density at radius 1 is 1.39 bits per heavy atom. The first kappa shape index (κ1) is 15.4. The number of aliphatic hydroxyl groups excluding tert-OH is 2. The van der Waals surface area contributed by atoms with E-state index in [1.165, 1.54) is 0 Å². The monoisotopic (exact) mass is 271 g/mol. The number of hydrogen-bond donors (Lipinski definition) is 3. The van der Waals surface area contributed by atoms with E-state index >= 15 is 0 Å². The van der Waals surface area contributed by atoms with E-state index in [2.05, 4.69) is 5.32 Å². The van der Waals surface area contributed by atoms with Gasteiger partial charge in [-0.2, -0.15) is 0 Å². The van der Waals surface area contributed by atoms with E-state index in [0.717, 1.165) is 12.0 Å². The lowest BCUT2D eigenvalue weighted by atomic mass is 9.96. The molecule has 0 aliphatic rings. The van der Waals surface area contributed by atoms with Crippen molar-refractivity contribution in [2.45, 2.75) is 44.9 Å². The third kappa shape index (κ3) is 4.25. The Morgan fingerprint density at radius 2 is 2.06 bits per heavy atom. The maximum Gasteiger partial charge on any atom is 0.0943 e. The third-order valence-corrected chi connectivity index (χ3v) is 3.22. The minimum Gasteiger partial charge on any atom is -0.394 e. The average molecular weight is 272 g/mol. The summed E-state index contributed by atoms with van der Waals surface area (Å²) >= 11 is 5.93. The highest BCUT2D eigenvalue weighted by Crippen LogP contribution is 2.23. The number of nitrogens with one attached hydrogen (secondary N) is 1. The summed E-state index contributed by atoms with van der Waals surface area (Å²) in [5, 5.41) is 23.5. The van der Waals surface area contributed by atoms with Gasteiger partial charge < -0.3 is 15.5 Å². The van der Waals surface area contributed by atoms with Gasteiger partial charge in [-0.25, -0.2) is 0 Å². The van der Waals surface area contributed by atoms with Gasteiger partial charge in [0.05, 0.1) is 12.7 Å². The molecule has 0 aromatic heterocycles. The fourth-order valence-corrected chi connectivity index (χ4v) is 2.07. The minimum atomic E-state index is -0.639. The van der Waals surface area contributed by atoms with Gasteiger partial charge in [-0.3, -0.25) is 0 Å². The van der Waals surface area contributed by atoms with Crippen LogP contribution in [0.25, 0.3) is 0 Å². The van der Waals surface area contributed by atoms with Crippen molar-refractivity contribution in [3.8, 4) is 0 Å². The first-order chi connectivity index (χ1) is 8.39. The van der Waals surface area contributed by atoms with Gasteiger partial charge in [0, 0.05) is 16.6 Å². The second-order valence-corrected chi connectivity index (χ2v) is 5.64. The Labute approximate surface area is 114 Å². The van der Waals surface area contributed by atoms with Crippen LogP contribution in [-0.2, 0) is 0 Å². The molecular formula is C14H22ClNO2. The van der Waals surface area contributed by atoms with Crippen molar-refractivity contribution in [2.75, 3.05) is 6.61 Å². The maximum atomic E-state index is 10.4. The Kier molecular flexibility index (Phi) is 5.60. The minimum absolute atomic E-state index is 0.0196. The predicted molar refractivity (Wildman–Crippen MR) is 74.8 cm³/mol. The number of benzene rings is 1. The molecular weight excluding hydrogens is 250 g/mol. The van der Waals surface area contributed by atoms with E-state index in [4.69, 9.17) is 11.6 Å². The third-order valence-electron chi connectivity index (χ3n) is 2.98. The molecule has 4 heteroatoms. The van der Waals surface area contributed by atoms with Gasteiger partial charge >= 0.3 is 0 Å². The second kappa shape index (κ2) is 6.53. The fraction of sp³-hybridized carbons (Fsp3) is 0.571. The lowest BCUT2D eigenvalue weighted by Gasteiger charge is -2.32. The Hall–Kier alpha value is -0.610. The van der Waals surface area contributed by atoms with Gasteiger partial charge in [-0.05, 0) is 38.0 Å². The van der Waals surface area contributed by atoms with Crippen LogP contribution in [-0.4, -0.2) is 28.4 Å². The molecule has 3 nitrogen and oxygen atoms in total. The van der Waals surface area contributed by atoms with Crippen LogP contribution in [0.2, 0.25) is 5.02 Å². The zero-order valence-corrected chi connectivity index (χ0v) is 11.9. The molecule has 0 aliphatic heterocycles. The van der Waals surface area contributed by atoms with Gasteiger partial charge in [0.25, 0.3) is 0 Å². The topological polar surface area (TPSA) is 52.5 Å². The Bertz CT molecular complexity index is 382. The van der Waals surface area contributed by atoms with Gasteiger partial charge in [0.15, 0.2) is 0 Å². The molecule has 18 heavy (non-hydrogen) atoms. The first-order valence-corrected chi connectivity index (χ1v) is 6.59. The molecule has 1 aromatic rings. The molecule has 0 aliphatic carbocycles. The van der Waals surface area contributed by atoms with Crippen LogP contribution in [0.15, 0.2) is 24.3 Å². The molecule has 0 spiro atoms. The maximum absolute atomic E-state index is 10.4. The number of halogens is 1. The highest BCUT2D eigenvalue weighted by atomic mass is 35.5. The van der Waals surface area contributed by atoms with Crippen LogP contribution in [0.3, 0.4) is 0 Å².